The molecule has 3 nitrogen and oxygen atoms in total. The fourth-order valence-corrected chi connectivity index (χ4v) is 2.35. The lowest BCUT2D eigenvalue weighted by Crippen LogP contribution is -2.35. The zero-order chi connectivity index (χ0) is 15.2. The lowest BCUT2D eigenvalue weighted by Gasteiger charge is -2.10. The number of thiocarbonyl (C=S) groups is 1. The van der Waals surface area contributed by atoms with Crippen LogP contribution in [0.4, 0.5) is 5.69 Å². The Labute approximate surface area is 141 Å². The molecule has 2 rings (SSSR count). The highest BCUT2D eigenvalue weighted by Crippen LogP contribution is 2.25. The highest BCUT2D eigenvalue weighted by atomic mass is 79.9. The number of hydrogen-bond donors (Lipinski definition) is 2. The summed E-state index contributed by atoms with van der Waals surface area (Å²) in [6, 6.07) is 14.8. The first-order valence-corrected chi connectivity index (χ1v) is 7.72. The Balaban J connectivity index is 1.89. The Hall–Kier alpha value is -1.43. The van der Waals surface area contributed by atoms with Crippen LogP contribution in [-0.2, 0) is 11.2 Å². The number of amides is 1. The van der Waals surface area contributed by atoms with Gasteiger partial charge >= 0.3 is 0 Å². The number of hydrogen-bond acceptors (Lipinski definition) is 2. The van der Waals surface area contributed by atoms with E-state index in [1.807, 2.05) is 36.4 Å². The van der Waals surface area contributed by atoms with Crippen LogP contribution < -0.4 is 10.6 Å². The fraction of sp³-hybridized carbons (Fsp3) is 0.0667. The summed E-state index contributed by atoms with van der Waals surface area (Å²) in [4.78, 5) is 11.9. The fourth-order valence-electron chi connectivity index (χ4n) is 1.69. The number of benzene rings is 2. The zero-order valence-corrected chi connectivity index (χ0v) is 14.1. The molecule has 0 saturated heterocycles. The van der Waals surface area contributed by atoms with Crippen molar-refractivity contribution in [3.63, 3.8) is 0 Å². The Kier molecular flexibility index (Phi) is 5.73. The number of rotatable bonds is 3. The van der Waals surface area contributed by atoms with Crippen LogP contribution in [-0.4, -0.2) is 11.0 Å². The molecule has 0 saturated carbocycles. The summed E-state index contributed by atoms with van der Waals surface area (Å²) < 4.78 is 0.800. The van der Waals surface area contributed by atoms with Crippen LogP contribution in [0.1, 0.15) is 5.56 Å². The summed E-state index contributed by atoms with van der Waals surface area (Å²) in [5.41, 5.74) is 1.65. The molecule has 0 atom stereocenters. The first-order chi connectivity index (χ1) is 10.0. The van der Waals surface area contributed by atoms with Gasteiger partial charge in [-0.1, -0.05) is 41.9 Å². The molecular formula is C15H12BrClN2OS. The molecule has 1 amide bonds. The minimum atomic E-state index is -0.165. The largest absolute Gasteiger partial charge is 0.332 e. The molecule has 108 valence electrons. The number of halogens is 2. The van der Waals surface area contributed by atoms with E-state index in [0.29, 0.717) is 10.7 Å². The molecule has 0 bridgehead atoms. The molecule has 0 heterocycles. The smallest absolute Gasteiger partial charge is 0.230 e. The van der Waals surface area contributed by atoms with Crippen LogP contribution in [0.25, 0.3) is 0 Å². The number of anilines is 1. The standard InChI is InChI=1S/C15H12BrClN2OS/c16-12-7-6-11(9-13(12)17)18-15(21)19-14(20)8-10-4-2-1-3-5-10/h1-7,9H,8H2,(H2,18,19,20,21). The van der Waals surface area contributed by atoms with E-state index in [2.05, 4.69) is 26.6 Å². The first-order valence-electron chi connectivity index (χ1n) is 6.14. The molecule has 0 aliphatic heterocycles. The summed E-state index contributed by atoms with van der Waals surface area (Å²) in [7, 11) is 0. The van der Waals surface area contributed by atoms with Crippen molar-refractivity contribution in [2.75, 3.05) is 5.32 Å². The van der Waals surface area contributed by atoms with Gasteiger partial charge in [-0.3, -0.25) is 4.79 Å². The van der Waals surface area contributed by atoms with Crippen LogP contribution in [0.2, 0.25) is 5.02 Å². The molecule has 0 aromatic heterocycles. The van der Waals surface area contributed by atoms with Crippen LogP contribution in [0.15, 0.2) is 53.0 Å². The van der Waals surface area contributed by atoms with Crippen molar-refractivity contribution in [1.29, 1.82) is 0 Å². The van der Waals surface area contributed by atoms with E-state index < -0.39 is 0 Å². The average molecular weight is 384 g/mol. The monoisotopic (exact) mass is 382 g/mol. The maximum Gasteiger partial charge on any atom is 0.230 e. The predicted molar refractivity (Wildman–Crippen MR) is 93.7 cm³/mol. The van der Waals surface area contributed by atoms with Crippen LogP contribution in [0, 0.1) is 0 Å². The second kappa shape index (κ2) is 7.54. The van der Waals surface area contributed by atoms with Gasteiger partial charge in [-0.2, -0.15) is 0 Å². The molecule has 0 unspecified atom stereocenters. The topological polar surface area (TPSA) is 41.1 Å². The lowest BCUT2D eigenvalue weighted by atomic mass is 10.1. The Morgan fingerprint density at radius 2 is 1.90 bits per heavy atom. The van der Waals surface area contributed by atoms with Gasteiger partial charge in [0.05, 0.1) is 11.4 Å². The Morgan fingerprint density at radius 1 is 1.19 bits per heavy atom. The third-order valence-corrected chi connectivity index (χ3v) is 4.07. The van der Waals surface area contributed by atoms with Gasteiger partial charge in [-0.25, -0.2) is 0 Å². The molecule has 0 fully saturated rings. The van der Waals surface area contributed by atoms with E-state index in [1.165, 1.54) is 0 Å². The second-order valence-electron chi connectivity index (χ2n) is 4.29. The van der Waals surface area contributed by atoms with E-state index in [-0.39, 0.29) is 17.4 Å². The van der Waals surface area contributed by atoms with Gasteiger partial charge in [0.2, 0.25) is 5.91 Å². The van der Waals surface area contributed by atoms with Crippen LogP contribution in [0.5, 0.6) is 0 Å². The van der Waals surface area contributed by atoms with Gasteiger partial charge in [-0.15, -0.1) is 0 Å². The SMILES string of the molecule is O=C(Cc1ccccc1)NC(=S)Nc1ccc(Br)c(Cl)c1. The first kappa shape index (κ1) is 15.9. The summed E-state index contributed by atoms with van der Waals surface area (Å²) in [6.07, 6.45) is 0.282. The summed E-state index contributed by atoms with van der Waals surface area (Å²) in [5, 5.41) is 6.37. The number of nitrogens with one attached hydrogen (secondary N) is 2. The van der Waals surface area contributed by atoms with Crippen molar-refractivity contribution in [2.24, 2.45) is 0 Å². The Bertz CT molecular complexity index is 664. The van der Waals surface area contributed by atoms with Crippen molar-refractivity contribution in [3.05, 3.63) is 63.6 Å². The molecule has 2 aromatic rings. The van der Waals surface area contributed by atoms with Gasteiger partial charge in [0.15, 0.2) is 5.11 Å². The predicted octanol–water partition coefficient (Wildman–Crippen LogP) is 4.16. The minimum Gasteiger partial charge on any atom is -0.332 e. The van der Waals surface area contributed by atoms with Gasteiger partial charge < -0.3 is 10.6 Å². The van der Waals surface area contributed by atoms with Crippen molar-refractivity contribution < 1.29 is 4.79 Å². The minimum absolute atomic E-state index is 0.165. The summed E-state index contributed by atoms with van der Waals surface area (Å²) in [5.74, 6) is -0.165. The van der Waals surface area contributed by atoms with Gasteiger partial charge in [0.1, 0.15) is 0 Å². The lowest BCUT2D eigenvalue weighted by molar-refractivity contribution is -0.119. The summed E-state index contributed by atoms with van der Waals surface area (Å²) in [6.45, 7) is 0. The molecule has 6 heteroatoms. The normalized spacial score (nSPS) is 10.0. The van der Waals surface area contributed by atoms with Gasteiger partial charge in [0.25, 0.3) is 0 Å². The quantitative estimate of drug-likeness (QED) is 0.782. The molecule has 0 spiro atoms. The molecule has 0 aliphatic rings. The van der Waals surface area contributed by atoms with E-state index >= 15 is 0 Å². The number of carbonyl (C=O) groups is 1. The molecule has 0 aliphatic carbocycles. The van der Waals surface area contributed by atoms with Crippen molar-refractivity contribution >= 4 is 56.5 Å². The van der Waals surface area contributed by atoms with E-state index in [4.69, 9.17) is 23.8 Å². The Morgan fingerprint density at radius 3 is 2.57 bits per heavy atom. The molecular weight excluding hydrogens is 372 g/mol. The molecule has 2 N–H and O–H groups in total. The van der Waals surface area contributed by atoms with Crippen LogP contribution >= 0.6 is 39.7 Å². The molecule has 2 aromatic carbocycles. The maximum absolute atomic E-state index is 11.9. The zero-order valence-electron chi connectivity index (χ0n) is 10.9. The third-order valence-electron chi connectivity index (χ3n) is 2.64. The van der Waals surface area contributed by atoms with Crippen molar-refractivity contribution in [3.8, 4) is 0 Å². The summed E-state index contributed by atoms with van der Waals surface area (Å²) >= 11 is 14.4. The molecule has 21 heavy (non-hydrogen) atoms. The second-order valence-corrected chi connectivity index (χ2v) is 5.96. The molecule has 0 radical (unpaired) electrons. The average Bonchev–Trinajstić information content (AvgIpc) is 2.43. The van der Waals surface area contributed by atoms with E-state index in [9.17, 15) is 4.79 Å². The van der Waals surface area contributed by atoms with Crippen molar-refractivity contribution in [1.82, 2.24) is 5.32 Å². The van der Waals surface area contributed by atoms with E-state index in [1.54, 1.807) is 12.1 Å². The van der Waals surface area contributed by atoms with Crippen LogP contribution in [0.3, 0.4) is 0 Å². The highest BCUT2D eigenvalue weighted by Gasteiger charge is 2.06. The van der Waals surface area contributed by atoms with Gasteiger partial charge in [0, 0.05) is 10.2 Å². The van der Waals surface area contributed by atoms with E-state index in [0.717, 1.165) is 10.0 Å². The van der Waals surface area contributed by atoms with Crippen molar-refractivity contribution in [2.45, 2.75) is 6.42 Å². The third kappa shape index (κ3) is 5.12. The maximum atomic E-state index is 11.9. The number of carbonyl (C=O) groups excluding carboxylic acids is 1. The highest BCUT2D eigenvalue weighted by molar-refractivity contribution is 9.10. The van der Waals surface area contributed by atoms with Gasteiger partial charge in [-0.05, 0) is 51.9 Å².